The third-order valence-corrected chi connectivity index (χ3v) is 3.84. The molecule has 0 saturated carbocycles. The molecule has 1 aromatic rings. The number of anilines is 1. The molecule has 2 rings (SSSR count). The first-order valence-corrected chi connectivity index (χ1v) is 7.16. The van der Waals surface area contributed by atoms with Gasteiger partial charge in [0, 0.05) is 11.4 Å². The summed E-state index contributed by atoms with van der Waals surface area (Å²) in [5.74, 6) is 0. The van der Waals surface area contributed by atoms with E-state index in [0.717, 1.165) is 0 Å². The zero-order chi connectivity index (χ0) is 13.7. The standard InChI is InChI=1S/C14H14N2O2S/c15-12-8-10-14(11-9-12)19(17,18)16-13-6-4-2-1-3-5-7-13/h1-11,16H,15H2/b2-1-,3-1?,4-2?,5-3-,6-4-,7-5?,13-6?,13-7+. The first-order valence-electron chi connectivity index (χ1n) is 5.68. The molecular formula is C14H14N2O2S. The van der Waals surface area contributed by atoms with Gasteiger partial charge in [-0.05, 0) is 36.4 Å². The van der Waals surface area contributed by atoms with Crippen molar-refractivity contribution in [1.29, 1.82) is 0 Å². The molecule has 0 radical (unpaired) electrons. The number of sulfonamides is 1. The molecular weight excluding hydrogens is 260 g/mol. The summed E-state index contributed by atoms with van der Waals surface area (Å²) in [4.78, 5) is 0.178. The van der Waals surface area contributed by atoms with Crippen LogP contribution in [0.5, 0.6) is 0 Å². The van der Waals surface area contributed by atoms with Crippen LogP contribution < -0.4 is 10.5 Å². The second-order valence-corrected chi connectivity index (χ2v) is 5.61. The van der Waals surface area contributed by atoms with Gasteiger partial charge in [-0.2, -0.15) is 0 Å². The van der Waals surface area contributed by atoms with Gasteiger partial charge in [-0.25, -0.2) is 8.42 Å². The SMILES string of the molecule is Nc1ccc(S(=O)(=O)NC2=C/C=C\C=C/C=C\2)cc1. The second kappa shape index (κ2) is 5.58. The quantitative estimate of drug-likeness (QED) is 0.829. The molecule has 4 nitrogen and oxygen atoms in total. The molecule has 0 bridgehead atoms. The van der Waals surface area contributed by atoms with Crippen LogP contribution in [0.15, 0.2) is 77.4 Å². The number of nitrogens with one attached hydrogen (secondary N) is 1. The van der Waals surface area contributed by atoms with Crippen molar-refractivity contribution in [1.82, 2.24) is 4.72 Å². The average Bonchev–Trinajstić information content (AvgIpc) is 2.33. The van der Waals surface area contributed by atoms with E-state index in [1.807, 2.05) is 18.2 Å². The highest BCUT2D eigenvalue weighted by molar-refractivity contribution is 7.89. The van der Waals surface area contributed by atoms with Crippen LogP contribution in [0.4, 0.5) is 5.69 Å². The van der Waals surface area contributed by atoms with Gasteiger partial charge in [0.1, 0.15) is 0 Å². The number of hydrogen-bond acceptors (Lipinski definition) is 3. The largest absolute Gasteiger partial charge is 0.399 e. The Hall–Kier alpha value is -2.27. The molecule has 0 fully saturated rings. The lowest BCUT2D eigenvalue weighted by molar-refractivity contribution is 0.589. The molecule has 0 unspecified atom stereocenters. The Balaban J connectivity index is 2.24. The molecule has 0 heterocycles. The van der Waals surface area contributed by atoms with Crippen molar-refractivity contribution in [2.45, 2.75) is 4.90 Å². The lowest BCUT2D eigenvalue weighted by atomic mass is 10.3. The monoisotopic (exact) mass is 274 g/mol. The Bertz CT molecular complexity index is 666. The van der Waals surface area contributed by atoms with E-state index in [0.29, 0.717) is 11.4 Å². The third kappa shape index (κ3) is 3.59. The number of allylic oxidation sites excluding steroid dienone is 7. The maximum absolute atomic E-state index is 12.1. The minimum Gasteiger partial charge on any atom is -0.399 e. The predicted octanol–water partition coefficient (Wildman–Crippen LogP) is 2.11. The van der Waals surface area contributed by atoms with Crippen LogP contribution in [-0.2, 0) is 10.0 Å². The Labute approximate surface area is 112 Å². The number of nitrogens with two attached hydrogens (primary N) is 1. The molecule has 3 N–H and O–H groups in total. The van der Waals surface area contributed by atoms with Gasteiger partial charge in [0.05, 0.1) is 4.90 Å². The van der Waals surface area contributed by atoms with E-state index in [9.17, 15) is 8.42 Å². The first-order chi connectivity index (χ1) is 9.08. The van der Waals surface area contributed by atoms with Crippen molar-refractivity contribution >= 4 is 15.7 Å². The summed E-state index contributed by atoms with van der Waals surface area (Å²) >= 11 is 0. The maximum Gasteiger partial charge on any atom is 0.261 e. The Morgan fingerprint density at radius 1 is 0.895 bits per heavy atom. The van der Waals surface area contributed by atoms with Crippen LogP contribution in [0.25, 0.3) is 0 Å². The fraction of sp³-hybridized carbons (Fsp3) is 0. The fourth-order valence-corrected chi connectivity index (χ4v) is 2.55. The zero-order valence-corrected chi connectivity index (χ0v) is 11.0. The predicted molar refractivity (Wildman–Crippen MR) is 76.7 cm³/mol. The maximum atomic E-state index is 12.1. The number of benzene rings is 1. The van der Waals surface area contributed by atoms with E-state index in [4.69, 9.17) is 5.73 Å². The van der Waals surface area contributed by atoms with Crippen molar-refractivity contribution in [2.24, 2.45) is 0 Å². The summed E-state index contributed by atoms with van der Waals surface area (Å²) in [6.45, 7) is 0. The third-order valence-electron chi connectivity index (χ3n) is 2.44. The summed E-state index contributed by atoms with van der Waals surface area (Å²) in [5.41, 5.74) is 6.56. The Kier molecular flexibility index (Phi) is 3.87. The van der Waals surface area contributed by atoms with E-state index in [2.05, 4.69) is 4.72 Å². The van der Waals surface area contributed by atoms with Crippen LogP contribution in [0.3, 0.4) is 0 Å². The summed E-state index contributed by atoms with van der Waals surface area (Å²) < 4.78 is 26.8. The molecule has 19 heavy (non-hydrogen) atoms. The minimum absolute atomic E-state index is 0.178. The summed E-state index contributed by atoms with van der Waals surface area (Å²) in [6, 6.07) is 6.06. The minimum atomic E-state index is -3.59. The van der Waals surface area contributed by atoms with E-state index in [-0.39, 0.29) is 4.90 Å². The molecule has 0 saturated heterocycles. The van der Waals surface area contributed by atoms with Crippen LogP contribution in [-0.4, -0.2) is 8.42 Å². The zero-order valence-electron chi connectivity index (χ0n) is 10.2. The molecule has 0 aromatic heterocycles. The van der Waals surface area contributed by atoms with Crippen LogP contribution in [0, 0.1) is 0 Å². The highest BCUT2D eigenvalue weighted by Gasteiger charge is 2.13. The van der Waals surface area contributed by atoms with Crippen molar-refractivity contribution in [3.63, 3.8) is 0 Å². The topological polar surface area (TPSA) is 72.2 Å². The second-order valence-electron chi connectivity index (χ2n) is 3.93. The number of rotatable bonds is 3. The highest BCUT2D eigenvalue weighted by Crippen LogP contribution is 2.13. The van der Waals surface area contributed by atoms with E-state index >= 15 is 0 Å². The van der Waals surface area contributed by atoms with Crippen molar-refractivity contribution in [3.8, 4) is 0 Å². The number of hydrogen-bond donors (Lipinski definition) is 2. The Morgan fingerprint density at radius 3 is 2.26 bits per heavy atom. The molecule has 0 atom stereocenters. The molecule has 98 valence electrons. The smallest absolute Gasteiger partial charge is 0.261 e. The molecule has 0 spiro atoms. The van der Waals surface area contributed by atoms with Gasteiger partial charge in [0.2, 0.25) is 0 Å². The van der Waals surface area contributed by atoms with Gasteiger partial charge in [-0.15, -0.1) is 0 Å². The fourth-order valence-electron chi connectivity index (χ4n) is 1.50. The van der Waals surface area contributed by atoms with E-state index < -0.39 is 10.0 Å². The summed E-state index contributed by atoms with van der Waals surface area (Å²) in [7, 11) is -3.59. The van der Waals surface area contributed by atoms with Gasteiger partial charge >= 0.3 is 0 Å². The van der Waals surface area contributed by atoms with Crippen LogP contribution in [0.2, 0.25) is 0 Å². The molecule has 1 aliphatic carbocycles. The molecule has 1 aliphatic rings. The Morgan fingerprint density at radius 2 is 1.53 bits per heavy atom. The summed E-state index contributed by atoms with van der Waals surface area (Å²) in [6.07, 6.45) is 12.4. The van der Waals surface area contributed by atoms with Crippen LogP contribution >= 0.6 is 0 Å². The molecule has 0 amide bonds. The highest BCUT2D eigenvalue weighted by atomic mass is 32.2. The van der Waals surface area contributed by atoms with Gasteiger partial charge in [0.25, 0.3) is 10.0 Å². The van der Waals surface area contributed by atoms with Gasteiger partial charge in [0.15, 0.2) is 0 Å². The lowest BCUT2D eigenvalue weighted by Gasteiger charge is -2.09. The van der Waals surface area contributed by atoms with Gasteiger partial charge in [-0.1, -0.05) is 30.4 Å². The molecule has 0 aliphatic heterocycles. The first kappa shape index (κ1) is 13.2. The van der Waals surface area contributed by atoms with Crippen molar-refractivity contribution < 1.29 is 8.42 Å². The lowest BCUT2D eigenvalue weighted by Crippen LogP contribution is -2.22. The van der Waals surface area contributed by atoms with Crippen molar-refractivity contribution in [2.75, 3.05) is 5.73 Å². The van der Waals surface area contributed by atoms with E-state index in [1.54, 1.807) is 36.4 Å². The van der Waals surface area contributed by atoms with Crippen LogP contribution in [0.1, 0.15) is 0 Å². The summed E-state index contributed by atoms with van der Waals surface area (Å²) in [5, 5.41) is 0. The molecule has 5 heteroatoms. The normalized spacial score (nSPS) is 22.4. The van der Waals surface area contributed by atoms with E-state index in [1.165, 1.54) is 12.1 Å². The average molecular weight is 274 g/mol. The van der Waals surface area contributed by atoms with Crippen molar-refractivity contribution in [3.05, 3.63) is 72.5 Å². The van der Waals surface area contributed by atoms with Gasteiger partial charge < -0.3 is 5.73 Å². The van der Waals surface area contributed by atoms with Gasteiger partial charge in [-0.3, -0.25) is 4.72 Å². The number of nitrogen functional groups attached to an aromatic ring is 1. The molecule has 1 aromatic carbocycles.